The van der Waals surface area contributed by atoms with E-state index in [2.05, 4.69) is 24.5 Å². The van der Waals surface area contributed by atoms with Gasteiger partial charge >= 0.3 is 6.03 Å². The number of urea groups is 1. The van der Waals surface area contributed by atoms with E-state index < -0.39 is 23.8 Å². The Balaban J connectivity index is 2.32. The van der Waals surface area contributed by atoms with Crippen molar-refractivity contribution in [1.29, 1.82) is 0 Å². The first-order chi connectivity index (χ1) is 9.01. The Morgan fingerprint density at radius 2 is 1.74 bits per heavy atom. The summed E-state index contributed by atoms with van der Waals surface area (Å²) in [4.78, 5) is 34.7. The number of carbonyl (C=O) groups excluding carboxylic acids is 3. The van der Waals surface area contributed by atoms with Gasteiger partial charge in [0.25, 0.3) is 0 Å². The third-order valence-corrected chi connectivity index (χ3v) is 4.05. The van der Waals surface area contributed by atoms with Crippen LogP contribution in [-0.2, 0) is 9.59 Å². The van der Waals surface area contributed by atoms with E-state index in [0.29, 0.717) is 5.57 Å². The van der Waals surface area contributed by atoms with Crippen molar-refractivity contribution >= 4 is 17.8 Å². The molecule has 5 nitrogen and oxygen atoms in total. The molecule has 0 aromatic heterocycles. The van der Waals surface area contributed by atoms with Gasteiger partial charge in [0, 0.05) is 0 Å². The highest BCUT2D eigenvalue weighted by atomic mass is 16.2. The maximum Gasteiger partial charge on any atom is 0.328 e. The molecule has 1 aliphatic carbocycles. The van der Waals surface area contributed by atoms with Crippen LogP contribution in [0.15, 0.2) is 23.8 Å². The molecule has 0 spiro atoms. The lowest BCUT2D eigenvalue weighted by Crippen LogP contribution is -2.56. The Morgan fingerprint density at radius 3 is 2.26 bits per heavy atom. The number of imide groups is 2. The summed E-state index contributed by atoms with van der Waals surface area (Å²) in [6.07, 6.45) is 8.64. The van der Waals surface area contributed by atoms with Crippen LogP contribution in [0.2, 0.25) is 0 Å². The number of rotatable bonds is 3. The van der Waals surface area contributed by atoms with Gasteiger partial charge in [-0.15, -0.1) is 0 Å². The smallest absolute Gasteiger partial charge is 0.277 e. The van der Waals surface area contributed by atoms with Crippen molar-refractivity contribution in [1.82, 2.24) is 10.6 Å². The number of hydrogen-bond donors (Lipinski definition) is 2. The molecule has 0 saturated carbocycles. The molecule has 1 saturated heterocycles. The molecular weight excluding hydrogens is 244 g/mol. The molecule has 0 aromatic carbocycles. The summed E-state index contributed by atoms with van der Waals surface area (Å²) in [5.41, 5.74) is 0.684. The average molecular weight is 262 g/mol. The maximum absolute atomic E-state index is 11.8. The van der Waals surface area contributed by atoms with E-state index in [1.54, 1.807) is 0 Å². The number of hydrogen-bond acceptors (Lipinski definition) is 3. The summed E-state index contributed by atoms with van der Waals surface area (Å²) in [6, 6.07) is -0.746. The highest BCUT2D eigenvalue weighted by Crippen LogP contribution is 2.38. The van der Waals surface area contributed by atoms with Gasteiger partial charge < -0.3 is 0 Å². The van der Waals surface area contributed by atoms with Gasteiger partial charge in [-0.05, 0) is 30.3 Å². The van der Waals surface area contributed by atoms with Gasteiger partial charge in [0.2, 0.25) is 11.8 Å². The molecular formula is C14H18N2O3. The minimum absolute atomic E-state index is 0.00605. The lowest BCUT2D eigenvalue weighted by molar-refractivity contribution is -0.134. The predicted molar refractivity (Wildman–Crippen MR) is 70.0 cm³/mol. The molecule has 0 atom stereocenters. The van der Waals surface area contributed by atoms with Crippen molar-refractivity contribution in [3.63, 3.8) is 0 Å². The standard InChI is InChI=1S/C14H18N2O3/c1-3-14(4-2)7-5-6-9(8-14)10-11(17)15-13(19)16-12(10)18/h5-6,8,10H,3-4,7H2,1-2H3,(H2,15,16,17,18,19). The molecule has 0 aromatic rings. The number of amides is 4. The fraction of sp³-hybridized carbons (Fsp3) is 0.500. The first kappa shape index (κ1) is 13.5. The van der Waals surface area contributed by atoms with Gasteiger partial charge in [-0.25, -0.2) is 4.79 Å². The Labute approximate surface area is 112 Å². The van der Waals surface area contributed by atoms with Gasteiger partial charge in [-0.1, -0.05) is 32.1 Å². The molecule has 1 aliphatic heterocycles. The minimum Gasteiger partial charge on any atom is -0.277 e. The fourth-order valence-corrected chi connectivity index (χ4v) is 2.63. The molecule has 4 amide bonds. The second-order valence-corrected chi connectivity index (χ2v) is 5.06. The lowest BCUT2D eigenvalue weighted by Gasteiger charge is -2.32. The molecule has 102 valence electrons. The average Bonchev–Trinajstić information content (AvgIpc) is 2.37. The second-order valence-electron chi connectivity index (χ2n) is 5.06. The number of allylic oxidation sites excluding steroid dienone is 3. The van der Waals surface area contributed by atoms with Crippen LogP contribution in [0.4, 0.5) is 4.79 Å². The predicted octanol–water partition coefficient (Wildman–Crippen LogP) is 1.66. The lowest BCUT2D eigenvalue weighted by atomic mass is 9.73. The Kier molecular flexibility index (Phi) is 3.55. The van der Waals surface area contributed by atoms with E-state index in [1.165, 1.54) is 0 Å². The zero-order valence-electron chi connectivity index (χ0n) is 11.2. The van der Waals surface area contributed by atoms with Crippen molar-refractivity contribution in [2.75, 3.05) is 0 Å². The van der Waals surface area contributed by atoms with Crippen LogP contribution in [0.5, 0.6) is 0 Å². The van der Waals surface area contributed by atoms with Gasteiger partial charge in [-0.2, -0.15) is 0 Å². The molecule has 0 bridgehead atoms. The third kappa shape index (κ3) is 2.45. The van der Waals surface area contributed by atoms with Crippen LogP contribution in [-0.4, -0.2) is 17.8 Å². The van der Waals surface area contributed by atoms with E-state index in [-0.39, 0.29) is 5.41 Å². The molecule has 5 heteroatoms. The quantitative estimate of drug-likeness (QED) is 0.759. The van der Waals surface area contributed by atoms with Gasteiger partial charge in [-0.3, -0.25) is 20.2 Å². The summed E-state index contributed by atoms with van der Waals surface area (Å²) in [6.45, 7) is 4.20. The van der Waals surface area contributed by atoms with E-state index in [0.717, 1.165) is 19.3 Å². The topological polar surface area (TPSA) is 75.3 Å². The molecule has 0 radical (unpaired) electrons. The van der Waals surface area contributed by atoms with Crippen molar-refractivity contribution in [3.8, 4) is 0 Å². The van der Waals surface area contributed by atoms with Crippen molar-refractivity contribution in [2.45, 2.75) is 33.1 Å². The summed E-state index contributed by atoms with van der Waals surface area (Å²) in [7, 11) is 0. The van der Waals surface area contributed by atoms with Crippen LogP contribution in [0.3, 0.4) is 0 Å². The largest absolute Gasteiger partial charge is 0.328 e. The molecule has 1 heterocycles. The Morgan fingerprint density at radius 1 is 1.16 bits per heavy atom. The number of carbonyl (C=O) groups is 3. The fourth-order valence-electron chi connectivity index (χ4n) is 2.63. The van der Waals surface area contributed by atoms with E-state index >= 15 is 0 Å². The first-order valence-corrected chi connectivity index (χ1v) is 6.56. The first-order valence-electron chi connectivity index (χ1n) is 6.56. The van der Waals surface area contributed by atoms with Crippen LogP contribution in [0.25, 0.3) is 0 Å². The van der Waals surface area contributed by atoms with E-state index in [9.17, 15) is 14.4 Å². The zero-order chi connectivity index (χ0) is 14.0. The number of nitrogens with one attached hydrogen (secondary N) is 2. The maximum atomic E-state index is 11.8. The zero-order valence-corrected chi connectivity index (χ0v) is 11.2. The summed E-state index contributed by atoms with van der Waals surface area (Å²) >= 11 is 0. The normalized spacial score (nSPS) is 22.8. The van der Waals surface area contributed by atoms with Gasteiger partial charge in [0.1, 0.15) is 5.92 Å². The summed E-state index contributed by atoms with van der Waals surface area (Å²) in [5, 5.41) is 4.27. The van der Waals surface area contributed by atoms with E-state index in [4.69, 9.17) is 0 Å². The summed E-state index contributed by atoms with van der Waals surface area (Å²) in [5.74, 6) is -2.02. The van der Waals surface area contributed by atoms with E-state index in [1.807, 2.05) is 18.2 Å². The highest BCUT2D eigenvalue weighted by Gasteiger charge is 2.38. The van der Waals surface area contributed by atoms with Gasteiger partial charge in [0.15, 0.2) is 0 Å². The van der Waals surface area contributed by atoms with Crippen molar-refractivity contribution in [2.24, 2.45) is 11.3 Å². The van der Waals surface area contributed by atoms with Crippen molar-refractivity contribution < 1.29 is 14.4 Å². The molecule has 2 rings (SSSR count). The van der Waals surface area contributed by atoms with Crippen LogP contribution < -0.4 is 10.6 Å². The van der Waals surface area contributed by atoms with Crippen molar-refractivity contribution in [3.05, 3.63) is 23.8 Å². The van der Waals surface area contributed by atoms with Crippen LogP contribution in [0.1, 0.15) is 33.1 Å². The monoisotopic (exact) mass is 262 g/mol. The minimum atomic E-state index is -0.924. The molecule has 2 aliphatic rings. The van der Waals surface area contributed by atoms with Crippen LogP contribution >= 0.6 is 0 Å². The third-order valence-electron chi connectivity index (χ3n) is 4.05. The Hall–Kier alpha value is -1.91. The Bertz CT molecular complexity index is 467. The van der Waals surface area contributed by atoms with Gasteiger partial charge in [0.05, 0.1) is 0 Å². The highest BCUT2D eigenvalue weighted by molar-refractivity contribution is 6.18. The molecule has 0 unspecified atom stereocenters. The second kappa shape index (κ2) is 4.99. The molecule has 2 N–H and O–H groups in total. The SMILES string of the molecule is CCC1(CC)C=C(C2C(=O)NC(=O)NC2=O)C=CC1. The summed E-state index contributed by atoms with van der Waals surface area (Å²) < 4.78 is 0. The molecule has 1 fully saturated rings. The molecule has 19 heavy (non-hydrogen) atoms. The van der Waals surface area contributed by atoms with Crippen LogP contribution in [0, 0.1) is 11.3 Å². The number of barbiturate groups is 1.